The van der Waals surface area contributed by atoms with Crippen LogP contribution in [0.1, 0.15) is 31.2 Å². The van der Waals surface area contributed by atoms with Crippen LogP contribution >= 0.6 is 0 Å². The Morgan fingerprint density at radius 1 is 1.40 bits per heavy atom. The van der Waals surface area contributed by atoms with Crippen molar-refractivity contribution in [2.45, 2.75) is 25.7 Å². The van der Waals surface area contributed by atoms with E-state index in [0.717, 1.165) is 12.0 Å². The first kappa shape index (κ1) is 14.5. The van der Waals surface area contributed by atoms with Gasteiger partial charge in [-0.25, -0.2) is 4.39 Å². The van der Waals surface area contributed by atoms with Gasteiger partial charge in [-0.15, -0.1) is 0 Å². The standard InChI is InChI=1S/C15H18FNO3/c1-9(6-14(18)19)8-17-15(20)13-7-12(13)10-2-4-11(16)5-3-10/h2-5,9,12-13H,6-8H2,1H3,(H,17,20)(H,18,19). The molecule has 0 spiro atoms. The summed E-state index contributed by atoms with van der Waals surface area (Å²) < 4.78 is 12.8. The number of hydrogen-bond donors (Lipinski definition) is 2. The van der Waals surface area contributed by atoms with Crippen molar-refractivity contribution in [2.24, 2.45) is 11.8 Å². The molecule has 20 heavy (non-hydrogen) atoms. The predicted octanol–water partition coefficient (Wildman–Crippen LogP) is 2.16. The fourth-order valence-electron chi connectivity index (χ4n) is 2.34. The van der Waals surface area contributed by atoms with Crippen LogP contribution in [0.5, 0.6) is 0 Å². The zero-order chi connectivity index (χ0) is 14.7. The lowest BCUT2D eigenvalue weighted by Gasteiger charge is -2.10. The Bertz CT molecular complexity index is 500. The van der Waals surface area contributed by atoms with E-state index in [9.17, 15) is 14.0 Å². The van der Waals surface area contributed by atoms with Gasteiger partial charge in [-0.2, -0.15) is 0 Å². The maximum absolute atomic E-state index is 12.8. The van der Waals surface area contributed by atoms with Crippen molar-refractivity contribution in [1.82, 2.24) is 5.32 Å². The maximum atomic E-state index is 12.8. The number of nitrogens with one attached hydrogen (secondary N) is 1. The van der Waals surface area contributed by atoms with Crippen LogP contribution in [0.3, 0.4) is 0 Å². The first-order valence-corrected chi connectivity index (χ1v) is 6.72. The topological polar surface area (TPSA) is 66.4 Å². The smallest absolute Gasteiger partial charge is 0.303 e. The van der Waals surface area contributed by atoms with Gasteiger partial charge in [0.25, 0.3) is 0 Å². The largest absolute Gasteiger partial charge is 0.481 e. The molecular formula is C15H18FNO3. The van der Waals surface area contributed by atoms with E-state index < -0.39 is 5.97 Å². The minimum Gasteiger partial charge on any atom is -0.481 e. The molecule has 1 aromatic rings. The fraction of sp³-hybridized carbons (Fsp3) is 0.467. The molecule has 1 aliphatic rings. The Morgan fingerprint density at radius 3 is 2.65 bits per heavy atom. The molecule has 1 aliphatic carbocycles. The maximum Gasteiger partial charge on any atom is 0.303 e. The number of carbonyl (C=O) groups excluding carboxylic acids is 1. The summed E-state index contributed by atoms with van der Waals surface area (Å²) in [7, 11) is 0. The van der Waals surface area contributed by atoms with E-state index in [2.05, 4.69) is 5.32 Å². The second kappa shape index (κ2) is 6.03. The quantitative estimate of drug-likeness (QED) is 0.838. The van der Waals surface area contributed by atoms with Gasteiger partial charge < -0.3 is 10.4 Å². The van der Waals surface area contributed by atoms with Gasteiger partial charge in [0.15, 0.2) is 0 Å². The number of carboxylic acids is 1. The summed E-state index contributed by atoms with van der Waals surface area (Å²) in [6, 6.07) is 6.22. The lowest BCUT2D eigenvalue weighted by molar-refractivity contribution is -0.138. The highest BCUT2D eigenvalue weighted by Crippen LogP contribution is 2.47. The third-order valence-electron chi connectivity index (χ3n) is 3.57. The SMILES string of the molecule is CC(CNC(=O)C1CC1c1ccc(F)cc1)CC(=O)O. The molecule has 3 unspecified atom stereocenters. The lowest BCUT2D eigenvalue weighted by atomic mass is 10.1. The highest BCUT2D eigenvalue weighted by Gasteiger charge is 2.43. The molecule has 5 heteroatoms. The first-order chi connectivity index (χ1) is 9.47. The van der Waals surface area contributed by atoms with Gasteiger partial charge in [-0.05, 0) is 36.0 Å². The highest BCUT2D eigenvalue weighted by atomic mass is 19.1. The third kappa shape index (κ3) is 3.79. The van der Waals surface area contributed by atoms with Gasteiger partial charge in [0, 0.05) is 18.9 Å². The van der Waals surface area contributed by atoms with Gasteiger partial charge in [0.2, 0.25) is 5.91 Å². The van der Waals surface area contributed by atoms with E-state index in [1.807, 2.05) is 0 Å². The van der Waals surface area contributed by atoms with Crippen LogP contribution in [-0.2, 0) is 9.59 Å². The molecule has 108 valence electrons. The Balaban J connectivity index is 1.78. The molecule has 0 aromatic heterocycles. The van der Waals surface area contributed by atoms with E-state index >= 15 is 0 Å². The van der Waals surface area contributed by atoms with E-state index in [1.54, 1.807) is 19.1 Å². The average Bonchev–Trinajstić information content (AvgIpc) is 3.16. The number of halogens is 1. The van der Waals surface area contributed by atoms with Crippen LogP contribution in [0, 0.1) is 17.7 Å². The second-order valence-corrected chi connectivity index (χ2v) is 5.45. The Hall–Kier alpha value is -1.91. The van der Waals surface area contributed by atoms with Gasteiger partial charge >= 0.3 is 5.97 Å². The summed E-state index contributed by atoms with van der Waals surface area (Å²) >= 11 is 0. The van der Waals surface area contributed by atoms with Gasteiger partial charge in [-0.1, -0.05) is 19.1 Å². The van der Waals surface area contributed by atoms with Gasteiger partial charge in [0.1, 0.15) is 5.82 Å². The molecule has 1 aromatic carbocycles. The molecule has 0 bridgehead atoms. The van der Waals surface area contributed by atoms with Crippen LogP contribution in [0.15, 0.2) is 24.3 Å². The van der Waals surface area contributed by atoms with E-state index in [4.69, 9.17) is 5.11 Å². The van der Waals surface area contributed by atoms with Crippen molar-refractivity contribution in [3.8, 4) is 0 Å². The molecule has 0 heterocycles. The predicted molar refractivity (Wildman–Crippen MR) is 71.7 cm³/mol. The number of rotatable bonds is 6. The summed E-state index contributed by atoms with van der Waals surface area (Å²) in [6.45, 7) is 2.16. The molecular weight excluding hydrogens is 261 g/mol. The van der Waals surface area contributed by atoms with E-state index in [0.29, 0.717) is 6.54 Å². The monoisotopic (exact) mass is 279 g/mol. The fourth-order valence-corrected chi connectivity index (χ4v) is 2.34. The number of carboxylic acid groups (broad SMARTS) is 1. The summed E-state index contributed by atoms with van der Waals surface area (Å²) in [5.74, 6) is -1.18. The van der Waals surface area contributed by atoms with Crippen LogP contribution in [0.4, 0.5) is 4.39 Å². The van der Waals surface area contributed by atoms with Crippen molar-refractivity contribution in [3.63, 3.8) is 0 Å². The Labute approximate surface area is 117 Å². The third-order valence-corrected chi connectivity index (χ3v) is 3.57. The van der Waals surface area contributed by atoms with Crippen molar-refractivity contribution < 1.29 is 19.1 Å². The van der Waals surface area contributed by atoms with Crippen LogP contribution < -0.4 is 5.32 Å². The summed E-state index contributed by atoms with van der Waals surface area (Å²) in [5, 5.41) is 11.4. The normalized spacial score (nSPS) is 22.1. The molecule has 1 fully saturated rings. The van der Waals surface area contributed by atoms with Crippen molar-refractivity contribution in [3.05, 3.63) is 35.6 Å². The second-order valence-electron chi connectivity index (χ2n) is 5.45. The molecule has 0 radical (unpaired) electrons. The summed E-state index contributed by atoms with van der Waals surface area (Å²) in [5.41, 5.74) is 0.977. The summed E-state index contributed by atoms with van der Waals surface area (Å²) in [6.07, 6.45) is 0.817. The number of benzene rings is 1. The number of aliphatic carboxylic acids is 1. The minimum absolute atomic E-state index is 0.0448. The van der Waals surface area contributed by atoms with Crippen molar-refractivity contribution in [1.29, 1.82) is 0 Å². The molecule has 2 N–H and O–H groups in total. The number of amides is 1. The minimum atomic E-state index is -0.859. The number of carbonyl (C=O) groups is 2. The lowest BCUT2D eigenvalue weighted by Crippen LogP contribution is -2.30. The first-order valence-electron chi connectivity index (χ1n) is 6.72. The zero-order valence-electron chi connectivity index (χ0n) is 11.3. The zero-order valence-corrected chi connectivity index (χ0v) is 11.3. The molecule has 1 amide bonds. The van der Waals surface area contributed by atoms with Gasteiger partial charge in [-0.3, -0.25) is 9.59 Å². The molecule has 2 rings (SSSR count). The molecule has 1 saturated carbocycles. The van der Waals surface area contributed by atoms with E-state index in [1.165, 1.54) is 12.1 Å². The molecule has 3 atom stereocenters. The number of hydrogen-bond acceptors (Lipinski definition) is 2. The highest BCUT2D eigenvalue weighted by molar-refractivity contribution is 5.82. The van der Waals surface area contributed by atoms with Crippen LogP contribution in [0.25, 0.3) is 0 Å². The van der Waals surface area contributed by atoms with Crippen molar-refractivity contribution in [2.75, 3.05) is 6.54 Å². The van der Waals surface area contributed by atoms with Crippen LogP contribution in [-0.4, -0.2) is 23.5 Å². The molecule has 0 aliphatic heterocycles. The van der Waals surface area contributed by atoms with Crippen molar-refractivity contribution >= 4 is 11.9 Å². The average molecular weight is 279 g/mol. The van der Waals surface area contributed by atoms with E-state index in [-0.39, 0.29) is 35.9 Å². The molecule has 0 saturated heterocycles. The Kier molecular flexibility index (Phi) is 4.37. The van der Waals surface area contributed by atoms with Crippen LogP contribution in [0.2, 0.25) is 0 Å². The Morgan fingerprint density at radius 2 is 2.05 bits per heavy atom. The summed E-state index contributed by atoms with van der Waals surface area (Å²) in [4.78, 5) is 22.4. The van der Waals surface area contributed by atoms with Gasteiger partial charge in [0.05, 0.1) is 0 Å². The molecule has 4 nitrogen and oxygen atoms in total.